The molecule has 1 unspecified atom stereocenters. The maximum Gasteiger partial charge on any atom is 0.257 e. The molecule has 0 spiro atoms. The summed E-state index contributed by atoms with van der Waals surface area (Å²) in [6.07, 6.45) is 1.67. The molecule has 0 bridgehead atoms. The number of aromatic nitrogens is 2. The zero-order valence-electron chi connectivity index (χ0n) is 14.4. The molecule has 1 fully saturated rings. The molecule has 3 aromatic rings. The monoisotopic (exact) mass is 351 g/mol. The van der Waals surface area contributed by atoms with Crippen LogP contribution in [-0.2, 0) is 9.59 Å². The highest BCUT2D eigenvalue weighted by molar-refractivity contribution is 6.22. The summed E-state index contributed by atoms with van der Waals surface area (Å²) in [5.41, 5.74) is 1.98. The summed E-state index contributed by atoms with van der Waals surface area (Å²) in [6, 6.07) is 11.9. The van der Waals surface area contributed by atoms with Crippen molar-refractivity contribution < 1.29 is 19.1 Å². The molecule has 1 aromatic heterocycles. The van der Waals surface area contributed by atoms with Gasteiger partial charge in [-0.05, 0) is 24.3 Å². The van der Waals surface area contributed by atoms with Gasteiger partial charge in [-0.15, -0.1) is 0 Å². The number of nitrogens with zero attached hydrogens (tertiary/aromatic N) is 3. The SMILES string of the molecule is COc1ccc(OC)c(N2C(=O)CC(n3cnc4ccccc43)C2=O)c1. The molecule has 1 saturated heterocycles. The normalized spacial score (nSPS) is 17.2. The van der Waals surface area contributed by atoms with Gasteiger partial charge in [0.25, 0.3) is 5.91 Å². The van der Waals surface area contributed by atoms with Crippen LogP contribution in [0.3, 0.4) is 0 Å². The molecule has 4 rings (SSSR count). The highest BCUT2D eigenvalue weighted by atomic mass is 16.5. The number of hydrogen-bond donors (Lipinski definition) is 0. The van der Waals surface area contributed by atoms with Crippen molar-refractivity contribution in [1.82, 2.24) is 9.55 Å². The molecule has 7 heteroatoms. The zero-order valence-corrected chi connectivity index (χ0v) is 14.4. The lowest BCUT2D eigenvalue weighted by molar-refractivity contribution is -0.122. The van der Waals surface area contributed by atoms with Gasteiger partial charge in [0.15, 0.2) is 0 Å². The van der Waals surface area contributed by atoms with Gasteiger partial charge in [0.1, 0.15) is 17.5 Å². The molecule has 2 heterocycles. The molecule has 2 aromatic carbocycles. The number of para-hydroxylation sites is 2. The topological polar surface area (TPSA) is 73.7 Å². The molecule has 0 saturated carbocycles. The summed E-state index contributed by atoms with van der Waals surface area (Å²) in [4.78, 5) is 31.2. The largest absolute Gasteiger partial charge is 0.497 e. The van der Waals surface area contributed by atoms with Crippen LogP contribution >= 0.6 is 0 Å². The van der Waals surface area contributed by atoms with Crippen LogP contribution in [0, 0.1) is 0 Å². The fourth-order valence-corrected chi connectivity index (χ4v) is 3.28. The molecule has 1 atom stereocenters. The minimum Gasteiger partial charge on any atom is -0.497 e. The van der Waals surface area contributed by atoms with Crippen molar-refractivity contribution >= 4 is 28.5 Å². The second kappa shape index (κ2) is 6.18. The van der Waals surface area contributed by atoms with E-state index in [0.29, 0.717) is 17.2 Å². The lowest BCUT2D eigenvalue weighted by atomic mass is 10.2. The Morgan fingerprint density at radius 2 is 1.88 bits per heavy atom. The lowest BCUT2D eigenvalue weighted by Crippen LogP contribution is -2.31. The number of rotatable bonds is 4. The molecule has 1 aliphatic heterocycles. The molecule has 26 heavy (non-hydrogen) atoms. The number of fused-ring (bicyclic) bond motifs is 1. The molecule has 132 valence electrons. The number of carbonyl (C=O) groups excluding carboxylic acids is 2. The third-order valence-electron chi connectivity index (χ3n) is 4.57. The van der Waals surface area contributed by atoms with Gasteiger partial charge in [-0.3, -0.25) is 9.59 Å². The Kier molecular flexibility index (Phi) is 3.84. The van der Waals surface area contributed by atoms with E-state index in [0.717, 1.165) is 11.0 Å². The third-order valence-corrected chi connectivity index (χ3v) is 4.57. The van der Waals surface area contributed by atoms with E-state index in [1.807, 2.05) is 24.3 Å². The van der Waals surface area contributed by atoms with Gasteiger partial charge in [0, 0.05) is 6.07 Å². The van der Waals surface area contributed by atoms with Crippen molar-refractivity contribution in [2.45, 2.75) is 12.5 Å². The van der Waals surface area contributed by atoms with Gasteiger partial charge < -0.3 is 14.0 Å². The van der Waals surface area contributed by atoms with Crippen LogP contribution in [0.5, 0.6) is 11.5 Å². The summed E-state index contributed by atoms with van der Waals surface area (Å²) in [6.45, 7) is 0. The molecule has 0 N–H and O–H groups in total. The molecule has 7 nitrogen and oxygen atoms in total. The summed E-state index contributed by atoms with van der Waals surface area (Å²) in [7, 11) is 3.02. The van der Waals surface area contributed by atoms with Crippen LogP contribution in [0.25, 0.3) is 11.0 Å². The third kappa shape index (κ3) is 2.40. The maximum absolute atomic E-state index is 13.1. The number of benzene rings is 2. The van der Waals surface area contributed by atoms with Crippen molar-refractivity contribution in [2.75, 3.05) is 19.1 Å². The molecule has 0 aliphatic carbocycles. The highest BCUT2D eigenvalue weighted by Crippen LogP contribution is 2.38. The lowest BCUT2D eigenvalue weighted by Gasteiger charge is -2.19. The number of imide groups is 1. The quantitative estimate of drug-likeness (QED) is 0.676. The summed E-state index contributed by atoms with van der Waals surface area (Å²) in [5, 5.41) is 0. The van der Waals surface area contributed by atoms with E-state index in [1.165, 1.54) is 19.1 Å². The van der Waals surface area contributed by atoms with Crippen LogP contribution in [-0.4, -0.2) is 35.6 Å². The van der Waals surface area contributed by atoms with Gasteiger partial charge in [0.05, 0.1) is 43.7 Å². The van der Waals surface area contributed by atoms with Crippen LogP contribution in [0.2, 0.25) is 0 Å². The Bertz CT molecular complexity index is 1010. The van der Waals surface area contributed by atoms with E-state index in [-0.39, 0.29) is 18.2 Å². The van der Waals surface area contributed by atoms with E-state index < -0.39 is 6.04 Å². The number of anilines is 1. The van der Waals surface area contributed by atoms with Gasteiger partial charge in [-0.25, -0.2) is 9.88 Å². The van der Waals surface area contributed by atoms with Crippen molar-refractivity contribution in [1.29, 1.82) is 0 Å². The predicted molar refractivity (Wildman–Crippen MR) is 95.4 cm³/mol. The minimum absolute atomic E-state index is 0.0690. The average molecular weight is 351 g/mol. The summed E-state index contributed by atoms with van der Waals surface area (Å²) >= 11 is 0. The molecular weight excluding hydrogens is 334 g/mol. The number of imidazole rings is 1. The Morgan fingerprint density at radius 1 is 1.08 bits per heavy atom. The highest BCUT2D eigenvalue weighted by Gasteiger charge is 2.42. The zero-order chi connectivity index (χ0) is 18.3. The number of hydrogen-bond acceptors (Lipinski definition) is 5. The van der Waals surface area contributed by atoms with E-state index >= 15 is 0 Å². The van der Waals surface area contributed by atoms with Gasteiger partial charge >= 0.3 is 0 Å². The van der Waals surface area contributed by atoms with Crippen LogP contribution in [0.4, 0.5) is 5.69 Å². The van der Waals surface area contributed by atoms with Gasteiger partial charge in [0.2, 0.25) is 5.91 Å². The molecule has 1 aliphatic rings. The van der Waals surface area contributed by atoms with Crippen molar-refractivity contribution in [3.63, 3.8) is 0 Å². The molecule has 0 radical (unpaired) electrons. The number of ether oxygens (including phenoxy) is 2. The van der Waals surface area contributed by atoms with Crippen LogP contribution in [0.1, 0.15) is 12.5 Å². The standard InChI is InChI=1S/C19H17N3O4/c1-25-12-7-8-17(26-2)15(9-12)22-18(23)10-16(19(22)24)21-11-20-13-5-3-4-6-14(13)21/h3-9,11,16H,10H2,1-2H3. The van der Waals surface area contributed by atoms with Crippen molar-refractivity contribution in [3.8, 4) is 11.5 Å². The second-order valence-electron chi connectivity index (χ2n) is 5.97. The van der Waals surface area contributed by atoms with Crippen molar-refractivity contribution in [3.05, 3.63) is 48.8 Å². The average Bonchev–Trinajstić information content (AvgIpc) is 3.21. The minimum atomic E-state index is -0.634. The Hall–Kier alpha value is -3.35. The fraction of sp³-hybridized carbons (Fsp3) is 0.211. The van der Waals surface area contributed by atoms with Gasteiger partial charge in [-0.1, -0.05) is 12.1 Å². The van der Waals surface area contributed by atoms with E-state index in [1.54, 1.807) is 29.1 Å². The fourth-order valence-electron chi connectivity index (χ4n) is 3.28. The van der Waals surface area contributed by atoms with E-state index in [9.17, 15) is 9.59 Å². The number of amides is 2. The van der Waals surface area contributed by atoms with Crippen LogP contribution in [0.15, 0.2) is 48.8 Å². The molecular formula is C19H17N3O4. The predicted octanol–water partition coefficient (Wildman–Crippen LogP) is 2.56. The van der Waals surface area contributed by atoms with E-state index in [2.05, 4.69) is 4.98 Å². The number of methoxy groups -OCH3 is 2. The first-order valence-corrected chi connectivity index (χ1v) is 8.14. The first kappa shape index (κ1) is 16.1. The van der Waals surface area contributed by atoms with Gasteiger partial charge in [-0.2, -0.15) is 0 Å². The maximum atomic E-state index is 13.1. The first-order valence-electron chi connectivity index (χ1n) is 8.14. The van der Waals surface area contributed by atoms with Crippen LogP contribution < -0.4 is 14.4 Å². The smallest absolute Gasteiger partial charge is 0.257 e. The Morgan fingerprint density at radius 3 is 2.65 bits per heavy atom. The van der Waals surface area contributed by atoms with Crippen molar-refractivity contribution in [2.24, 2.45) is 0 Å². The first-order chi connectivity index (χ1) is 12.6. The number of carbonyl (C=O) groups is 2. The summed E-state index contributed by atoms with van der Waals surface area (Å²) in [5.74, 6) is 0.371. The molecule has 2 amide bonds. The summed E-state index contributed by atoms with van der Waals surface area (Å²) < 4.78 is 12.3. The van der Waals surface area contributed by atoms with E-state index in [4.69, 9.17) is 9.47 Å². The Labute approximate surface area is 149 Å². The Balaban J connectivity index is 1.77. The second-order valence-corrected chi connectivity index (χ2v) is 5.97.